The quantitative estimate of drug-likeness (QED) is 0.689. The number of hydrogen-bond donors (Lipinski definition) is 0. The lowest BCUT2D eigenvalue weighted by molar-refractivity contribution is 0.306. The number of halogens is 1. The predicted molar refractivity (Wildman–Crippen MR) is 63.3 cm³/mol. The van der Waals surface area contributed by atoms with Gasteiger partial charge < -0.3 is 0 Å². The molecule has 1 rings (SSSR count). The molecule has 15 heavy (non-hydrogen) atoms. The molecule has 0 N–H and O–H groups in total. The predicted octanol–water partition coefficient (Wildman–Crippen LogP) is 4.44. The zero-order valence-electron chi connectivity index (χ0n) is 10.2. The Balaban J connectivity index is 2.51. The van der Waals surface area contributed by atoms with Crippen molar-refractivity contribution in [2.24, 2.45) is 11.3 Å². The van der Waals surface area contributed by atoms with E-state index in [0.717, 1.165) is 6.42 Å². The Labute approximate surface area is 92.5 Å². The molecule has 0 bridgehead atoms. The van der Waals surface area contributed by atoms with Crippen LogP contribution in [0.1, 0.15) is 39.7 Å². The maximum Gasteiger partial charge on any atom is 0.123 e. The van der Waals surface area contributed by atoms with Crippen LogP contribution in [0.3, 0.4) is 0 Å². The summed E-state index contributed by atoms with van der Waals surface area (Å²) in [5, 5.41) is 0. The fraction of sp³-hybridized carbons (Fsp3) is 0.571. The fourth-order valence-electron chi connectivity index (χ4n) is 2.14. The molecular formula is C14H21F. The van der Waals surface area contributed by atoms with E-state index >= 15 is 0 Å². The maximum atomic E-state index is 12.7. The van der Waals surface area contributed by atoms with Gasteiger partial charge in [-0.1, -0.05) is 39.8 Å². The molecule has 1 aromatic carbocycles. The van der Waals surface area contributed by atoms with Crippen molar-refractivity contribution in [1.82, 2.24) is 0 Å². The van der Waals surface area contributed by atoms with Crippen molar-refractivity contribution in [2.75, 3.05) is 0 Å². The molecule has 0 saturated carbocycles. The van der Waals surface area contributed by atoms with Crippen molar-refractivity contribution in [2.45, 2.75) is 40.5 Å². The fourth-order valence-corrected chi connectivity index (χ4v) is 2.14. The zero-order chi connectivity index (χ0) is 11.5. The second-order valence-electron chi connectivity index (χ2n) is 5.70. The number of benzene rings is 1. The minimum Gasteiger partial charge on any atom is -0.207 e. The first kappa shape index (κ1) is 12.2. The SMILES string of the molecule is CC(Cc1ccc(F)cc1)CC(C)(C)C. The second-order valence-corrected chi connectivity index (χ2v) is 5.70. The molecular weight excluding hydrogens is 187 g/mol. The van der Waals surface area contributed by atoms with Gasteiger partial charge in [-0.05, 0) is 41.9 Å². The summed E-state index contributed by atoms with van der Waals surface area (Å²) in [6.45, 7) is 9.03. The Kier molecular flexibility index (Phi) is 3.90. The first-order valence-electron chi connectivity index (χ1n) is 5.61. The highest BCUT2D eigenvalue weighted by molar-refractivity contribution is 5.16. The summed E-state index contributed by atoms with van der Waals surface area (Å²) in [6, 6.07) is 6.85. The summed E-state index contributed by atoms with van der Waals surface area (Å²) < 4.78 is 12.7. The van der Waals surface area contributed by atoms with Crippen LogP contribution in [-0.2, 0) is 6.42 Å². The molecule has 0 nitrogen and oxygen atoms in total. The normalized spacial score (nSPS) is 13.9. The van der Waals surface area contributed by atoms with Crippen LogP contribution in [0.15, 0.2) is 24.3 Å². The topological polar surface area (TPSA) is 0 Å². The van der Waals surface area contributed by atoms with Gasteiger partial charge in [0.15, 0.2) is 0 Å². The van der Waals surface area contributed by atoms with Crippen LogP contribution in [0.5, 0.6) is 0 Å². The highest BCUT2D eigenvalue weighted by Gasteiger charge is 2.15. The van der Waals surface area contributed by atoms with E-state index in [0.29, 0.717) is 11.3 Å². The van der Waals surface area contributed by atoms with Crippen molar-refractivity contribution < 1.29 is 4.39 Å². The van der Waals surface area contributed by atoms with Gasteiger partial charge in [-0.25, -0.2) is 4.39 Å². The summed E-state index contributed by atoms with van der Waals surface area (Å²) in [5.41, 5.74) is 1.60. The van der Waals surface area contributed by atoms with Crippen LogP contribution >= 0.6 is 0 Å². The lowest BCUT2D eigenvalue weighted by Crippen LogP contribution is -2.12. The van der Waals surface area contributed by atoms with E-state index in [1.54, 1.807) is 12.1 Å². The van der Waals surface area contributed by atoms with E-state index in [9.17, 15) is 4.39 Å². The van der Waals surface area contributed by atoms with Crippen molar-refractivity contribution in [3.8, 4) is 0 Å². The van der Waals surface area contributed by atoms with Gasteiger partial charge in [-0.15, -0.1) is 0 Å². The first-order valence-corrected chi connectivity index (χ1v) is 5.61. The van der Waals surface area contributed by atoms with Crippen LogP contribution in [0.2, 0.25) is 0 Å². The van der Waals surface area contributed by atoms with Gasteiger partial charge in [0.25, 0.3) is 0 Å². The third kappa shape index (κ3) is 4.96. The van der Waals surface area contributed by atoms with Gasteiger partial charge >= 0.3 is 0 Å². The van der Waals surface area contributed by atoms with Crippen molar-refractivity contribution in [1.29, 1.82) is 0 Å². The van der Waals surface area contributed by atoms with Crippen LogP contribution in [0.25, 0.3) is 0 Å². The van der Waals surface area contributed by atoms with E-state index in [4.69, 9.17) is 0 Å². The Morgan fingerprint density at radius 1 is 1.13 bits per heavy atom. The lowest BCUT2D eigenvalue weighted by atomic mass is 9.83. The Morgan fingerprint density at radius 3 is 2.13 bits per heavy atom. The maximum absolute atomic E-state index is 12.7. The molecule has 1 aromatic rings. The van der Waals surface area contributed by atoms with Crippen LogP contribution in [0.4, 0.5) is 4.39 Å². The molecule has 1 atom stereocenters. The smallest absolute Gasteiger partial charge is 0.123 e. The van der Waals surface area contributed by atoms with Crippen molar-refractivity contribution in [3.63, 3.8) is 0 Å². The number of hydrogen-bond acceptors (Lipinski definition) is 0. The molecule has 0 aromatic heterocycles. The first-order chi connectivity index (χ1) is 6.87. The third-order valence-electron chi connectivity index (χ3n) is 2.46. The minimum absolute atomic E-state index is 0.151. The molecule has 0 heterocycles. The molecule has 0 fully saturated rings. The van der Waals surface area contributed by atoms with E-state index < -0.39 is 0 Å². The summed E-state index contributed by atoms with van der Waals surface area (Å²) >= 11 is 0. The van der Waals surface area contributed by atoms with Gasteiger partial charge in [-0.2, -0.15) is 0 Å². The largest absolute Gasteiger partial charge is 0.207 e. The van der Waals surface area contributed by atoms with Gasteiger partial charge in [0.1, 0.15) is 5.82 Å². The minimum atomic E-state index is -0.151. The lowest BCUT2D eigenvalue weighted by Gasteiger charge is -2.23. The van der Waals surface area contributed by atoms with Gasteiger partial charge in [0.05, 0.1) is 0 Å². The van der Waals surface area contributed by atoms with Crippen molar-refractivity contribution in [3.05, 3.63) is 35.6 Å². The van der Waals surface area contributed by atoms with E-state index in [2.05, 4.69) is 27.7 Å². The molecule has 1 heteroatoms. The molecule has 0 amide bonds. The van der Waals surface area contributed by atoms with E-state index in [1.165, 1.54) is 12.0 Å². The van der Waals surface area contributed by atoms with Gasteiger partial charge in [0.2, 0.25) is 0 Å². The molecule has 0 aliphatic carbocycles. The average Bonchev–Trinajstić information content (AvgIpc) is 2.05. The number of rotatable bonds is 3. The van der Waals surface area contributed by atoms with Crippen LogP contribution in [-0.4, -0.2) is 0 Å². The summed E-state index contributed by atoms with van der Waals surface area (Å²) in [6.07, 6.45) is 2.24. The Morgan fingerprint density at radius 2 is 1.67 bits per heavy atom. The summed E-state index contributed by atoms with van der Waals surface area (Å²) in [7, 11) is 0. The van der Waals surface area contributed by atoms with Crippen LogP contribution < -0.4 is 0 Å². The highest BCUT2D eigenvalue weighted by Crippen LogP contribution is 2.26. The second kappa shape index (κ2) is 4.78. The van der Waals surface area contributed by atoms with Gasteiger partial charge in [-0.3, -0.25) is 0 Å². The third-order valence-corrected chi connectivity index (χ3v) is 2.46. The van der Waals surface area contributed by atoms with E-state index in [1.807, 2.05) is 12.1 Å². The molecule has 0 spiro atoms. The van der Waals surface area contributed by atoms with Crippen LogP contribution in [0, 0.1) is 17.2 Å². The standard InChI is InChI=1S/C14H21F/c1-11(10-14(2,3)4)9-12-5-7-13(15)8-6-12/h5-8,11H,9-10H2,1-4H3. The molecule has 0 radical (unpaired) electrons. The monoisotopic (exact) mass is 208 g/mol. The average molecular weight is 208 g/mol. The molecule has 0 saturated heterocycles. The molecule has 84 valence electrons. The molecule has 0 aliphatic heterocycles. The zero-order valence-corrected chi connectivity index (χ0v) is 10.2. The summed E-state index contributed by atoms with van der Waals surface area (Å²) in [5.74, 6) is 0.498. The molecule has 0 aliphatic rings. The Hall–Kier alpha value is -0.850. The summed E-state index contributed by atoms with van der Waals surface area (Å²) in [4.78, 5) is 0. The van der Waals surface area contributed by atoms with Crippen molar-refractivity contribution >= 4 is 0 Å². The van der Waals surface area contributed by atoms with Gasteiger partial charge in [0, 0.05) is 0 Å². The Bertz CT molecular complexity index is 292. The molecule has 1 unspecified atom stereocenters. The van der Waals surface area contributed by atoms with E-state index in [-0.39, 0.29) is 5.82 Å². The highest BCUT2D eigenvalue weighted by atomic mass is 19.1.